The second-order valence-electron chi connectivity index (χ2n) is 15.6. The zero-order valence-electron chi connectivity index (χ0n) is 31.6. The van der Waals surface area contributed by atoms with Gasteiger partial charge in [0, 0.05) is 55.2 Å². The molecule has 58 heavy (non-hydrogen) atoms. The normalized spacial score (nSPS) is 13.8. The Morgan fingerprint density at radius 1 is 0.379 bits per heavy atom. The van der Waals surface area contributed by atoms with Crippen LogP contribution in [0.5, 0.6) is 0 Å². The first-order chi connectivity index (χ1) is 28.7. The molecule has 0 bridgehead atoms. The summed E-state index contributed by atoms with van der Waals surface area (Å²) in [7, 11) is 0. The van der Waals surface area contributed by atoms with Crippen LogP contribution < -0.4 is 0 Å². The molecule has 5 nitrogen and oxygen atoms in total. The van der Waals surface area contributed by atoms with Gasteiger partial charge in [0.2, 0.25) is 0 Å². The molecule has 270 valence electrons. The Kier molecular flexibility index (Phi) is 6.37. The predicted molar refractivity (Wildman–Crippen MR) is 238 cm³/mol. The second-order valence-corrected chi connectivity index (χ2v) is 15.6. The minimum atomic E-state index is 0.308. The third kappa shape index (κ3) is 4.27. The summed E-state index contributed by atoms with van der Waals surface area (Å²) in [4.78, 5) is 15.4. The Bertz CT molecular complexity index is 3630. The highest BCUT2D eigenvalue weighted by molar-refractivity contribution is 6.33. The van der Waals surface area contributed by atoms with Crippen LogP contribution in [0.4, 0.5) is 0 Å². The monoisotopic (exact) mass is 739 g/mol. The highest BCUT2D eigenvalue weighted by Gasteiger charge is 2.31. The van der Waals surface area contributed by atoms with Gasteiger partial charge in [0.05, 0.1) is 27.6 Å². The zero-order valence-corrected chi connectivity index (χ0v) is 31.6. The molecule has 0 spiro atoms. The molecule has 5 heteroatoms. The van der Waals surface area contributed by atoms with E-state index in [2.05, 4.69) is 168 Å². The fourth-order valence-corrected chi connectivity index (χ4v) is 9.96. The molecule has 12 aromatic rings. The third-order valence-electron chi connectivity index (χ3n) is 12.5. The van der Waals surface area contributed by atoms with Crippen molar-refractivity contribution < 1.29 is 0 Å². The average Bonchev–Trinajstić information content (AvgIpc) is 3.88. The summed E-state index contributed by atoms with van der Waals surface area (Å²) in [5.41, 5.74) is 15.1. The van der Waals surface area contributed by atoms with Crippen LogP contribution in [0, 0.1) is 0 Å². The van der Waals surface area contributed by atoms with E-state index in [0.29, 0.717) is 23.4 Å². The number of hydrogen-bond acceptors (Lipinski definition) is 3. The van der Waals surface area contributed by atoms with Crippen LogP contribution in [0.2, 0.25) is 0 Å². The number of nitrogens with zero attached hydrogens (tertiary/aromatic N) is 5. The van der Waals surface area contributed by atoms with E-state index >= 15 is 0 Å². The van der Waals surface area contributed by atoms with Crippen LogP contribution >= 0.6 is 0 Å². The van der Waals surface area contributed by atoms with Crippen molar-refractivity contribution in [2.75, 3.05) is 0 Å². The van der Waals surface area contributed by atoms with E-state index in [9.17, 15) is 0 Å². The molecule has 0 amide bonds. The van der Waals surface area contributed by atoms with Crippen LogP contribution in [0.15, 0.2) is 176 Å². The number of benzene rings is 8. The zero-order chi connectivity index (χ0) is 38.1. The maximum Gasteiger partial charge on any atom is 0.164 e. The van der Waals surface area contributed by atoms with Crippen LogP contribution in [-0.2, 0) is 0 Å². The standard InChI is InChI=1S/C53H33N5/c1-31-38-27-28-45-49-46(38)47-39(31)25-26-41-40-21-8-9-22-42(40)58(50(41)47)44-24-12-23-43(48(44)49)57(45)37-20-11-19-36(30-37)53-55-51(33-15-6-3-7-16-33)54-52(56-53)35-18-10-17-34(29-35)32-13-4-2-5-14-32/h2-31H,1H3/t31-/m1/s1. The molecule has 1 aliphatic carbocycles. The smallest absolute Gasteiger partial charge is 0.164 e. The van der Waals surface area contributed by atoms with Gasteiger partial charge in [-0.05, 0) is 70.1 Å². The number of para-hydroxylation sites is 1. The Labute approximate surface area is 333 Å². The van der Waals surface area contributed by atoms with Crippen LogP contribution in [0.25, 0.3) is 111 Å². The largest absolute Gasteiger partial charge is 0.309 e. The third-order valence-corrected chi connectivity index (χ3v) is 12.5. The van der Waals surface area contributed by atoms with Crippen molar-refractivity contribution in [3.63, 3.8) is 0 Å². The molecular weight excluding hydrogens is 707 g/mol. The number of hydrogen-bond donors (Lipinski definition) is 0. The van der Waals surface area contributed by atoms with E-state index in [4.69, 9.17) is 15.0 Å². The quantitative estimate of drug-likeness (QED) is 0.177. The minimum Gasteiger partial charge on any atom is -0.309 e. The van der Waals surface area contributed by atoms with Crippen molar-refractivity contribution in [2.24, 2.45) is 0 Å². The molecular formula is C53H33N5. The molecule has 0 fully saturated rings. The van der Waals surface area contributed by atoms with Crippen molar-refractivity contribution in [1.82, 2.24) is 23.9 Å². The van der Waals surface area contributed by atoms with Gasteiger partial charge in [-0.1, -0.05) is 140 Å². The molecule has 4 heterocycles. The molecule has 0 N–H and O–H groups in total. The van der Waals surface area contributed by atoms with Gasteiger partial charge in [-0.25, -0.2) is 15.0 Å². The number of aromatic nitrogens is 5. The van der Waals surface area contributed by atoms with Gasteiger partial charge in [0.1, 0.15) is 0 Å². The summed E-state index contributed by atoms with van der Waals surface area (Å²) < 4.78 is 4.99. The maximum absolute atomic E-state index is 5.19. The molecule has 0 aliphatic heterocycles. The molecule has 8 aromatic carbocycles. The molecule has 0 unspecified atom stereocenters. The molecule has 13 rings (SSSR count). The van der Waals surface area contributed by atoms with Crippen LogP contribution in [-0.4, -0.2) is 23.9 Å². The Hall–Kier alpha value is -7.63. The molecule has 0 saturated heterocycles. The SMILES string of the molecule is C[C@@H]1c2ccc3c4c2c2c1ccc1c5ccccc5n(c5cccc(c45)n3-c3cccc(-c4nc(-c5ccccc5)nc(-c5cccc(-c6ccccc6)c5)n4)c3)c12. The summed E-state index contributed by atoms with van der Waals surface area (Å²) in [5.74, 6) is 2.22. The predicted octanol–water partition coefficient (Wildman–Crippen LogP) is 13.3. The van der Waals surface area contributed by atoms with Gasteiger partial charge < -0.3 is 8.97 Å². The first kappa shape index (κ1) is 31.6. The fourth-order valence-electron chi connectivity index (χ4n) is 9.96. The first-order valence-corrected chi connectivity index (χ1v) is 19.9. The van der Waals surface area contributed by atoms with Crippen molar-refractivity contribution in [3.8, 4) is 51.0 Å². The molecule has 4 aromatic heterocycles. The van der Waals surface area contributed by atoms with E-state index in [1.807, 2.05) is 24.3 Å². The molecule has 0 saturated carbocycles. The van der Waals surface area contributed by atoms with Crippen molar-refractivity contribution in [2.45, 2.75) is 12.8 Å². The van der Waals surface area contributed by atoms with Crippen molar-refractivity contribution in [1.29, 1.82) is 0 Å². The van der Waals surface area contributed by atoms with Crippen LogP contribution in [0.3, 0.4) is 0 Å². The van der Waals surface area contributed by atoms with E-state index in [1.165, 1.54) is 71.0 Å². The van der Waals surface area contributed by atoms with Gasteiger partial charge in [-0.15, -0.1) is 0 Å². The van der Waals surface area contributed by atoms with Gasteiger partial charge in [-0.2, -0.15) is 0 Å². The Balaban J connectivity index is 1.07. The number of fused-ring (bicyclic) bond motifs is 4. The van der Waals surface area contributed by atoms with Gasteiger partial charge in [0.15, 0.2) is 17.5 Å². The first-order valence-electron chi connectivity index (χ1n) is 19.9. The van der Waals surface area contributed by atoms with Crippen LogP contribution in [0.1, 0.15) is 24.0 Å². The van der Waals surface area contributed by atoms with E-state index in [1.54, 1.807) is 0 Å². The lowest BCUT2D eigenvalue weighted by Crippen LogP contribution is -2.01. The van der Waals surface area contributed by atoms with Crippen molar-refractivity contribution >= 4 is 59.9 Å². The van der Waals surface area contributed by atoms with E-state index < -0.39 is 0 Å². The molecule has 1 aliphatic rings. The van der Waals surface area contributed by atoms with Crippen molar-refractivity contribution in [3.05, 3.63) is 187 Å². The Morgan fingerprint density at radius 3 is 1.76 bits per heavy atom. The topological polar surface area (TPSA) is 48.0 Å². The summed E-state index contributed by atoms with van der Waals surface area (Å²) in [6.45, 7) is 2.37. The second kappa shape index (κ2) is 11.7. The van der Waals surface area contributed by atoms with E-state index in [-0.39, 0.29) is 0 Å². The maximum atomic E-state index is 5.19. The minimum absolute atomic E-state index is 0.308. The van der Waals surface area contributed by atoms with Gasteiger partial charge in [0.25, 0.3) is 0 Å². The summed E-state index contributed by atoms with van der Waals surface area (Å²) in [6, 6.07) is 62.9. The van der Waals surface area contributed by atoms with E-state index in [0.717, 1.165) is 33.5 Å². The lowest BCUT2D eigenvalue weighted by molar-refractivity contribution is 0.961. The van der Waals surface area contributed by atoms with Gasteiger partial charge >= 0.3 is 0 Å². The molecule has 1 atom stereocenters. The fraction of sp³-hybridized carbons (Fsp3) is 0.0377. The highest BCUT2D eigenvalue weighted by Crippen LogP contribution is 2.52. The van der Waals surface area contributed by atoms with Gasteiger partial charge in [-0.3, -0.25) is 0 Å². The molecule has 0 radical (unpaired) electrons. The Morgan fingerprint density at radius 2 is 0.948 bits per heavy atom. The lowest BCUT2D eigenvalue weighted by atomic mass is 9.97. The lowest BCUT2D eigenvalue weighted by Gasteiger charge is -2.12. The summed E-state index contributed by atoms with van der Waals surface area (Å²) in [6.07, 6.45) is 0. The summed E-state index contributed by atoms with van der Waals surface area (Å²) in [5, 5.41) is 7.98. The average molecular weight is 740 g/mol. The summed E-state index contributed by atoms with van der Waals surface area (Å²) >= 11 is 0. The highest BCUT2D eigenvalue weighted by atomic mass is 15.0. The number of rotatable bonds is 5.